The van der Waals surface area contributed by atoms with Gasteiger partial charge in [-0.25, -0.2) is 0 Å². The van der Waals surface area contributed by atoms with Gasteiger partial charge in [0, 0.05) is 12.1 Å². The molecular weight excluding hydrogens is 164 g/mol. The number of nitrogens with zero attached hydrogens (tertiary/aromatic N) is 2. The summed E-state index contributed by atoms with van der Waals surface area (Å²) in [5.74, 6) is 0.742. The Labute approximate surface area is 77.4 Å². The van der Waals surface area contributed by atoms with E-state index >= 15 is 0 Å². The van der Waals surface area contributed by atoms with Gasteiger partial charge >= 0.3 is 0 Å². The maximum absolute atomic E-state index is 9.17. The lowest BCUT2D eigenvalue weighted by molar-refractivity contribution is 0.0432. The van der Waals surface area contributed by atoms with Crippen molar-refractivity contribution >= 4 is 0 Å². The van der Waals surface area contributed by atoms with E-state index in [4.69, 9.17) is 5.11 Å². The summed E-state index contributed by atoms with van der Waals surface area (Å²) in [4.78, 5) is 0. The Morgan fingerprint density at radius 3 is 2.77 bits per heavy atom. The first kappa shape index (κ1) is 7.56. The number of aliphatic hydroxyl groups excluding tert-OH is 1. The van der Waals surface area contributed by atoms with E-state index in [0.717, 1.165) is 18.8 Å². The highest BCUT2D eigenvalue weighted by Gasteiger charge is 2.31. The Hall–Kier alpha value is -0.830. The predicted molar refractivity (Wildman–Crippen MR) is 48.5 cm³/mol. The van der Waals surface area contributed by atoms with Crippen molar-refractivity contribution in [2.75, 3.05) is 0 Å². The van der Waals surface area contributed by atoms with Crippen molar-refractivity contribution < 1.29 is 5.11 Å². The summed E-state index contributed by atoms with van der Waals surface area (Å²) in [5.41, 5.74) is 1.25. The fourth-order valence-electron chi connectivity index (χ4n) is 1.93. The molecule has 2 saturated carbocycles. The smallest absolute Gasteiger partial charge is 0.0655 e. The first-order valence-electron chi connectivity index (χ1n) is 5.06. The van der Waals surface area contributed by atoms with Crippen LogP contribution in [0.2, 0.25) is 0 Å². The molecule has 0 amide bonds. The van der Waals surface area contributed by atoms with Gasteiger partial charge in [0.05, 0.1) is 17.8 Å². The minimum Gasteiger partial charge on any atom is -0.393 e. The molecular formula is C10H14N2O. The summed E-state index contributed by atoms with van der Waals surface area (Å²) >= 11 is 0. The predicted octanol–water partition coefficient (Wildman–Crippen LogP) is 1.46. The summed E-state index contributed by atoms with van der Waals surface area (Å²) in [6.07, 6.45) is 6.36. The standard InChI is InChI=1S/C10H14N2O/c13-9-5-8(6-9)12-4-3-10(11-12)7-1-2-7/h3-4,7-9,13H,1-2,5-6H2. The Balaban J connectivity index is 1.74. The molecule has 3 nitrogen and oxygen atoms in total. The highest BCUT2D eigenvalue weighted by Crippen LogP contribution is 2.40. The van der Waals surface area contributed by atoms with Gasteiger partial charge in [-0.1, -0.05) is 0 Å². The third-order valence-corrected chi connectivity index (χ3v) is 3.09. The van der Waals surface area contributed by atoms with Crippen LogP contribution in [0.4, 0.5) is 0 Å². The average Bonchev–Trinajstić information content (AvgIpc) is 2.80. The molecule has 1 aromatic rings. The van der Waals surface area contributed by atoms with E-state index in [1.54, 1.807) is 0 Å². The van der Waals surface area contributed by atoms with Gasteiger partial charge in [0.2, 0.25) is 0 Å². The highest BCUT2D eigenvalue weighted by molar-refractivity contribution is 5.13. The van der Waals surface area contributed by atoms with Crippen LogP contribution in [0.15, 0.2) is 12.3 Å². The van der Waals surface area contributed by atoms with Crippen LogP contribution in [0.3, 0.4) is 0 Å². The zero-order valence-corrected chi connectivity index (χ0v) is 7.56. The maximum atomic E-state index is 9.17. The van der Waals surface area contributed by atoms with Crippen LogP contribution in [-0.2, 0) is 0 Å². The van der Waals surface area contributed by atoms with Crippen LogP contribution >= 0.6 is 0 Å². The molecule has 0 saturated heterocycles. The molecule has 13 heavy (non-hydrogen) atoms. The third-order valence-electron chi connectivity index (χ3n) is 3.09. The largest absolute Gasteiger partial charge is 0.393 e. The van der Waals surface area contributed by atoms with Gasteiger partial charge in [-0.15, -0.1) is 0 Å². The Kier molecular flexibility index (Phi) is 1.50. The molecule has 2 aliphatic carbocycles. The van der Waals surface area contributed by atoms with Crippen molar-refractivity contribution in [1.29, 1.82) is 0 Å². The molecule has 1 N–H and O–H groups in total. The molecule has 1 heterocycles. The maximum Gasteiger partial charge on any atom is 0.0655 e. The fourth-order valence-corrected chi connectivity index (χ4v) is 1.93. The summed E-state index contributed by atoms with van der Waals surface area (Å²) in [7, 11) is 0. The Morgan fingerprint density at radius 1 is 1.38 bits per heavy atom. The quantitative estimate of drug-likeness (QED) is 0.744. The lowest BCUT2D eigenvalue weighted by atomic mass is 9.90. The molecule has 0 spiro atoms. The van der Waals surface area contributed by atoms with Gasteiger partial charge < -0.3 is 5.11 Å². The highest BCUT2D eigenvalue weighted by atomic mass is 16.3. The zero-order chi connectivity index (χ0) is 8.84. The van der Waals surface area contributed by atoms with Crippen LogP contribution in [-0.4, -0.2) is 21.0 Å². The molecule has 3 heteroatoms. The topological polar surface area (TPSA) is 38.0 Å². The van der Waals surface area contributed by atoms with Crippen molar-refractivity contribution in [2.45, 2.75) is 43.7 Å². The normalized spacial score (nSPS) is 33.0. The second-order valence-electron chi connectivity index (χ2n) is 4.27. The molecule has 2 fully saturated rings. The Morgan fingerprint density at radius 2 is 2.15 bits per heavy atom. The number of aromatic nitrogens is 2. The second-order valence-corrected chi connectivity index (χ2v) is 4.27. The molecule has 0 unspecified atom stereocenters. The van der Waals surface area contributed by atoms with Crippen LogP contribution in [0.5, 0.6) is 0 Å². The molecule has 70 valence electrons. The van der Waals surface area contributed by atoms with Crippen molar-refractivity contribution in [3.63, 3.8) is 0 Å². The van der Waals surface area contributed by atoms with Crippen molar-refractivity contribution in [2.24, 2.45) is 0 Å². The SMILES string of the molecule is OC1CC(n2ccc(C3CC3)n2)C1. The van der Waals surface area contributed by atoms with Gasteiger partial charge in [-0.05, 0) is 31.7 Å². The van der Waals surface area contributed by atoms with E-state index in [1.165, 1.54) is 18.5 Å². The van der Waals surface area contributed by atoms with Gasteiger partial charge in [0.1, 0.15) is 0 Å². The molecule has 3 rings (SSSR count). The average molecular weight is 178 g/mol. The first-order valence-corrected chi connectivity index (χ1v) is 5.06. The van der Waals surface area contributed by atoms with Gasteiger partial charge in [0.15, 0.2) is 0 Å². The summed E-state index contributed by atoms with van der Waals surface area (Å²) < 4.78 is 2.03. The van der Waals surface area contributed by atoms with Crippen LogP contribution in [0.25, 0.3) is 0 Å². The molecule has 2 aliphatic rings. The summed E-state index contributed by atoms with van der Waals surface area (Å²) in [5, 5.41) is 13.7. The summed E-state index contributed by atoms with van der Waals surface area (Å²) in [6.45, 7) is 0. The molecule has 1 aromatic heterocycles. The fraction of sp³-hybridized carbons (Fsp3) is 0.700. The molecule has 0 aromatic carbocycles. The molecule has 0 aliphatic heterocycles. The third kappa shape index (κ3) is 1.27. The number of hydrogen-bond acceptors (Lipinski definition) is 2. The van der Waals surface area contributed by atoms with Gasteiger partial charge in [-0.2, -0.15) is 5.10 Å². The van der Waals surface area contributed by atoms with Crippen LogP contribution in [0, 0.1) is 0 Å². The van der Waals surface area contributed by atoms with E-state index in [1.807, 2.05) is 4.68 Å². The molecule has 0 radical (unpaired) electrons. The number of rotatable bonds is 2. The van der Waals surface area contributed by atoms with E-state index < -0.39 is 0 Å². The summed E-state index contributed by atoms with van der Waals surface area (Å²) in [6, 6.07) is 2.59. The molecule has 0 atom stereocenters. The van der Waals surface area contributed by atoms with E-state index in [0.29, 0.717) is 6.04 Å². The zero-order valence-electron chi connectivity index (χ0n) is 7.56. The van der Waals surface area contributed by atoms with Crippen molar-refractivity contribution in [3.8, 4) is 0 Å². The van der Waals surface area contributed by atoms with Crippen LogP contribution < -0.4 is 0 Å². The van der Waals surface area contributed by atoms with E-state index in [-0.39, 0.29) is 6.10 Å². The minimum absolute atomic E-state index is 0.0847. The lowest BCUT2D eigenvalue weighted by Crippen LogP contribution is -2.31. The Bertz CT molecular complexity index is 310. The van der Waals surface area contributed by atoms with Gasteiger partial charge in [-0.3, -0.25) is 4.68 Å². The van der Waals surface area contributed by atoms with Crippen molar-refractivity contribution in [3.05, 3.63) is 18.0 Å². The number of hydrogen-bond donors (Lipinski definition) is 1. The lowest BCUT2D eigenvalue weighted by Gasteiger charge is -2.31. The first-order chi connectivity index (χ1) is 6.33. The van der Waals surface area contributed by atoms with E-state index in [9.17, 15) is 0 Å². The van der Waals surface area contributed by atoms with Crippen molar-refractivity contribution in [1.82, 2.24) is 9.78 Å². The minimum atomic E-state index is -0.0847. The number of aliphatic hydroxyl groups is 1. The molecule has 0 bridgehead atoms. The second kappa shape index (κ2) is 2.58. The van der Waals surface area contributed by atoms with E-state index in [2.05, 4.69) is 17.4 Å². The van der Waals surface area contributed by atoms with Gasteiger partial charge in [0.25, 0.3) is 0 Å². The van der Waals surface area contributed by atoms with Crippen LogP contribution in [0.1, 0.15) is 43.3 Å². The monoisotopic (exact) mass is 178 g/mol.